The second-order valence-corrected chi connectivity index (χ2v) is 6.14. The number of carbonyl (C=O) groups is 1. The van der Waals surface area contributed by atoms with Crippen molar-refractivity contribution in [1.29, 1.82) is 0 Å². The number of amides is 1. The maximum atomic E-state index is 12.2. The first-order valence-electron chi connectivity index (χ1n) is 8.30. The lowest BCUT2D eigenvalue weighted by Crippen LogP contribution is -2.34. The molecule has 1 amide bonds. The molecule has 1 heterocycles. The third kappa shape index (κ3) is 3.66. The van der Waals surface area contributed by atoms with Crippen molar-refractivity contribution in [1.82, 2.24) is 10.3 Å². The van der Waals surface area contributed by atoms with Crippen LogP contribution in [0.1, 0.15) is 29.2 Å². The van der Waals surface area contributed by atoms with Crippen molar-refractivity contribution in [2.45, 2.75) is 25.8 Å². The lowest BCUT2D eigenvalue weighted by molar-refractivity contribution is -0.122. The van der Waals surface area contributed by atoms with Gasteiger partial charge in [0.05, 0.1) is 0 Å². The van der Waals surface area contributed by atoms with Crippen LogP contribution in [0, 0.1) is 6.92 Å². The molecule has 3 aromatic rings. The van der Waals surface area contributed by atoms with E-state index in [0.717, 1.165) is 29.5 Å². The molecule has 0 spiro atoms. The molecule has 0 fully saturated rings. The Morgan fingerprint density at radius 2 is 1.92 bits per heavy atom. The van der Waals surface area contributed by atoms with Gasteiger partial charge in [0.2, 0.25) is 5.91 Å². The molecule has 24 heavy (non-hydrogen) atoms. The normalized spacial score (nSPS) is 12.2. The lowest BCUT2D eigenvalue weighted by atomic mass is 10.1. The van der Waals surface area contributed by atoms with Crippen LogP contribution in [0.25, 0.3) is 10.9 Å². The quantitative estimate of drug-likeness (QED) is 0.610. The number of aromatic nitrogens is 1. The van der Waals surface area contributed by atoms with Crippen LogP contribution in [0.4, 0.5) is 0 Å². The van der Waals surface area contributed by atoms with Gasteiger partial charge in [-0.3, -0.25) is 4.79 Å². The summed E-state index contributed by atoms with van der Waals surface area (Å²) in [4.78, 5) is 15.4. The topological polar surface area (TPSA) is 70.9 Å². The second-order valence-electron chi connectivity index (χ2n) is 6.14. The average molecular weight is 321 g/mol. The molecule has 0 aliphatic carbocycles. The molecule has 0 saturated heterocycles. The molecular formula is C20H23N3O. The first-order valence-corrected chi connectivity index (χ1v) is 8.30. The van der Waals surface area contributed by atoms with Crippen molar-refractivity contribution in [2.75, 3.05) is 6.54 Å². The zero-order chi connectivity index (χ0) is 16.9. The molecule has 1 unspecified atom stereocenters. The Morgan fingerprint density at radius 1 is 1.17 bits per heavy atom. The van der Waals surface area contributed by atoms with Crippen LogP contribution in [-0.4, -0.2) is 17.4 Å². The van der Waals surface area contributed by atoms with E-state index in [0.29, 0.717) is 6.54 Å². The Labute approximate surface area is 142 Å². The predicted octanol–water partition coefficient (Wildman–Crippen LogP) is 3.23. The van der Waals surface area contributed by atoms with Gasteiger partial charge in [0.15, 0.2) is 0 Å². The van der Waals surface area contributed by atoms with Crippen LogP contribution in [0.15, 0.2) is 54.7 Å². The van der Waals surface area contributed by atoms with Crippen molar-refractivity contribution in [3.63, 3.8) is 0 Å². The molecule has 3 rings (SSSR count). The van der Waals surface area contributed by atoms with Gasteiger partial charge in [-0.1, -0.05) is 48.0 Å². The SMILES string of the molecule is Cc1ccc(C(N)C(=O)NCCCc2c[nH]c3ccccc23)cc1. The maximum Gasteiger partial charge on any atom is 0.241 e. The second kappa shape index (κ2) is 7.32. The highest BCUT2D eigenvalue weighted by Crippen LogP contribution is 2.18. The fourth-order valence-corrected chi connectivity index (χ4v) is 2.86. The van der Waals surface area contributed by atoms with E-state index in [9.17, 15) is 4.79 Å². The number of para-hydroxylation sites is 1. The fraction of sp³-hybridized carbons (Fsp3) is 0.250. The highest BCUT2D eigenvalue weighted by atomic mass is 16.2. The van der Waals surface area contributed by atoms with E-state index in [-0.39, 0.29) is 5.91 Å². The fourth-order valence-electron chi connectivity index (χ4n) is 2.86. The summed E-state index contributed by atoms with van der Waals surface area (Å²) in [6, 6.07) is 15.4. The largest absolute Gasteiger partial charge is 0.361 e. The Balaban J connectivity index is 1.49. The van der Waals surface area contributed by atoms with Crippen molar-refractivity contribution in [3.8, 4) is 0 Å². The molecule has 0 bridgehead atoms. The highest BCUT2D eigenvalue weighted by Gasteiger charge is 2.14. The van der Waals surface area contributed by atoms with E-state index in [2.05, 4.69) is 22.4 Å². The predicted molar refractivity (Wildman–Crippen MR) is 97.7 cm³/mol. The maximum absolute atomic E-state index is 12.2. The Morgan fingerprint density at radius 3 is 2.71 bits per heavy atom. The number of rotatable bonds is 6. The van der Waals surface area contributed by atoms with Gasteiger partial charge in [0.1, 0.15) is 6.04 Å². The number of carbonyl (C=O) groups excluding carboxylic acids is 1. The first kappa shape index (κ1) is 16.3. The molecular weight excluding hydrogens is 298 g/mol. The summed E-state index contributed by atoms with van der Waals surface area (Å²) in [6.07, 6.45) is 3.85. The number of aromatic amines is 1. The van der Waals surface area contributed by atoms with Gasteiger partial charge in [-0.15, -0.1) is 0 Å². The number of H-pyrrole nitrogens is 1. The third-order valence-electron chi connectivity index (χ3n) is 4.32. The monoisotopic (exact) mass is 321 g/mol. The molecule has 1 aromatic heterocycles. The Hall–Kier alpha value is -2.59. The van der Waals surface area contributed by atoms with Crippen LogP contribution >= 0.6 is 0 Å². The van der Waals surface area contributed by atoms with Crippen molar-refractivity contribution < 1.29 is 4.79 Å². The lowest BCUT2D eigenvalue weighted by Gasteiger charge is -2.12. The van der Waals surface area contributed by atoms with Crippen molar-refractivity contribution in [2.24, 2.45) is 5.73 Å². The van der Waals surface area contributed by atoms with Gasteiger partial charge in [-0.2, -0.15) is 0 Å². The summed E-state index contributed by atoms with van der Waals surface area (Å²) in [5, 5.41) is 4.18. The van der Waals surface area contributed by atoms with Crippen molar-refractivity contribution >= 4 is 16.8 Å². The van der Waals surface area contributed by atoms with Gasteiger partial charge in [-0.25, -0.2) is 0 Å². The minimum atomic E-state index is -0.612. The smallest absolute Gasteiger partial charge is 0.241 e. The van der Waals surface area contributed by atoms with E-state index in [1.165, 1.54) is 10.9 Å². The Kier molecular flexibility index (Phi) is 4.96. The number of nitrogens with two attached hydrogens (primary N) is 1. The van der Waals surface area contributed by atoms with Gasteiger partial charge < -0.3 is 16.0 Å². The molecule has 0 saturated carbocycles. The molecule has 1 atom stereocenters. The zero-order valence-electron chi connectivity index (χ0n) is 13.9. The highest BCUT2D eigenvalue weighted by molar-refractivity contribution is 5.83. The van der Waals surface area contributed by atoms with Gasteiger partial charge in [-0.05, 0) is 37.0 Å². The number of nitrogens with one attached hydrogen (secondary N) is 2. The summed E-state index contributed by atoms with van der Waals surface area (Å²) in [7, 11) is 0. The van der Waals surface area contributed by atoms with Gasteiger partial charge in [0, 0.05) is 23.6 Å². The molecule has 0 aliphatic heterocycles. The summed E-state index contributed by atoms with van der Waals surface area (Å²) in [6.45, 7) is 2.64. The molecule has 2 aromatic carbocycles. The van der Waals surface area contributed by atoms with Crippen molar-refractivity contribution in [3.05, 3.63) is 71.4 Å². The van der Waals surface area contributed by atoms with Crippen LogP contribution in [0.2, 0.25) is 0 Å². The zero-order valence-corrected chi connectivity index (χ0v) is 13.9. The minimum absolute atomic E-state index is 0.127. The summed E-state index contributed by atoms with van der Waals surface area (Å²) >= 11 is 0. The first-order chi connectivity index (χ1) is 11.6. The molecule has 4 nitrogen and oxygen atoms in total. The standard InChI is InChI=1S/C20H23N3O/c1-14-8-10-15(11-9-14)19(21)20(24)22-12-4-5-16-13-23-18-7-3-2-6-17(16)18/h2-3,6-11,13,19,23H,4-5,12,21H2,1H3,(H,22,24). The number of hydrogen-bond acceptors (Lipinski definition) is 2. The van der Waals surface area contributed by atoms with Crippen LogP contribution < -0.4 is 11.1 Å². The minimum Gasteiger partial charge on any atom is -0.361 e. The van der Waals surface area contributed by atoms with E-state index < -0.39 is 6.04 Å². The summed E-state index contributed by atoms with van der Waals surface area (Å²) < 4.78 is 0. The van der Waals surface area contributed by atoms with Crippen LogP contribution in [0.5, 0.6) is 0 Å². The molecule has 0 aliphatic rings. The Bertz CT molecular complexity index is 820. The molecule has 124 valence electrons. The van der Waals surface area contributed by atoms with Crippen LogP contribution in [0.3, 0.4) is 0 Å². The van der Waals surface area contributed by atoms with E-state index in [1.54, 1.807) is 0 Å². The molecule has 4 heteroatoms. The van der Waals surface area contributed by atoms with Gasteiger partial charge >= 0.3 is 0 Å². The summed E-state index contributed by atoms with van der Waals surface area (Å²) in [5.41, 5.74) is 10.5. The number of benzene rings is 2. The van der Waals surface area contributed by atoms with E-state index in [4.69, 9.17) is 5.73 Å². The summed E-state index contributed by atoms with van der Waals surface area (Å²) in [5.74, 6) is -0.127. The van der Waals surface area contributed by atoms with E-state index in [1.807, 2.05) is 49.5 Å². The average Bonchev–Trinajstić information content (AvgIpc) is 3.02. The number of aryl methyl sites for hydroxylation is 2. The third-order valence-corrected chi connectivity index (χ3v) is 4.32. The number of hydrogen-bond donors (Lipinski definition) is 3. The van der Waals surface area contributed by atoms with E-state index >= 15 is 0 Å². The number of fused-ring (bicyclic) bond motifs is 1. The van der Waals surface area contributed by atoms with Gasteiger partial charge in [0.25, 0.3) is 0 Å². The molecule has 4 N–H and O–H groups in total. The van der Waals surface area contributed by atoms with Crippen LogP contribution in [-0.2, 0) is 11.2 Å². The molecule has 0 radical (unpaired) electrons.